The number of rotatable bonds is 2. The van der Waals surface area contributed by atoms with Crippen LogP contribution in [0.2, 0.25) is 0 Å². The zero-order valence-corrected chi connectivity index (χ0v) is 6.96. The van der Waals surface area contributed by atoms with Crippen molar-refractivity contribution in [1.82, 2.24) is 15.1 Å². The third-order valence-corrected chi connectivity index (χ3v) is 2.43. The minimum Gasteiger partial charge on any atom is -0.309 e. The number of aryl methyl sites for hydroxylation is 1. The fourth-order valence-corrected chi connectivity index (χ4v) is 1.43. The van der Waals surface area contributed by atoms with Gasteiger partial charge in [-0.2, -0.15) is 5.10 Å². The molecule has 0 aliphatic heterocycles. The van der Waals surface area contributed by atoms with E-state index in [4.69, 9.17) is 0 Å². The molecular weight excluding hydrogens is 138 g/mol. The highest BCUT2D eigenvalue weighted by Crippen LogP contribution is 2.43. The maximum atomic E-state index is 4.37. The van der Waals surface area contributed by atoms with Crippen LogP contribution in [-0.4, -0.2) is 16.8 Å². The van der Waals surface area contributed by atoms with E-state index < -0.39 is 0 Å². The number of hydrogen-bond donors (Lipinski definition) is 1. The van der Waals surface area contributed by atoms with Crippen LogP contribution in [0.3, 0.4) is 0 Å². The van der Waals surface area contributed by atoms with Crippen LogP contribution in [0.4, 0.5) is 0 Å². The van der Waals surface area contributed by atoms with Crippen molar-refractivity contribution >= 4 is 0 Å². The average Bonchev–Trinajstić information content (AvgIpc) is 2.70. The second-order valence-corrected chi connectivity index (χ2v) is 3.21. The molecule has 0 saturated heterocycles. The Morgan fingerprint density at radius 3 is 2.73 bits per heavy atom. The molecule has 1 fully saturated rings. The predicted molar refractivity (Wildman–Crippen MR) is 43.2 cm³/mol. The van der Waals surface area contributed by atoms with E-state index in [2.05, 4.69) is 16.5 Å². The van der Waals surface area contributed by atoms with Gasteiger partial charge in [-0.15, -0.1) is 0 Å². The molecule has 3 nitrogen and oxygen atoms in total. The molecule has 1 N–H and O–H groups in total. The summed E-state index contributed by atoms with van der Waals surface area (Å²) in [6.45, 7) is 0. The van der Waals surface area contributed by atoms with Gasteiger partial charge in [-0.05, 0) is 26.0 Å². The van der Waals surface area contributed by atoms with Gasteiger partial charge in [-0.3, -0.25) is 4.68 Å². The molecule has 1 aliphatic carbocycles. The molecule has 1 aliphatic rings. The first-order valence-electron chi connectivity index (χ1n) is 3.96. The molecule has 0 radical (unpaired) electrons. The van der Waals surface area contributed by atoms with E-state index in [1.165, 1.54) is 18.5 Å². The summed E-state index contributed by atoms with van der Waals surface area (Å²) in [5.41, 5.74) is 1.41. The maximum Gasteiger partial charge on any atom is 0.0825 e. The van der Waals surface area contributed by atoms with Crippen molar-refractivity contribution < 1.29 is 0 Å². The van der Waals surface area contributed by atoms with Crippen molar-refractivity contribution in [1.29, 1.82) is 0 Å². The summed E-state index contributed by atoms with van der Waals surface area (Å²) < 4.78 is 1.85. The summed E-state index contributed by atoms with van der Waals surface area (Å²) in [6.07, 6.45) is 4.44. The van der Waals surface area contributed by atoms with Crippen LogP contribution >= 0.6 is 0 Å². The third kappa shape index (κ3) is 0.959. The molecular formula is C8H13N3. The Morgan fingerprint density at radius 2 is 2.36 bits per heavy atom. The highest BCUT2D eigenvalue weighted by molar-refractivity contribution is 5.21. The lowest BCUT2D eigenvalue weighted by atomic mass is 10.2. The highest BCUT2D eigenvalue weighted by Gasteiger charge is 2.44. The molecule has 0 atom stereocenters. The van der Waals surface area contributed by atoms with E-state index >= 15 is 0 Å². The molecule has 1 aromatic rings. The van der Waals surface area contributed by atoms with E-state index in [1.54, 1.807) is 0 Å². The average molecular weight is 151 g/mol. The largest absolute Gasteiger partial charge is 0.309 e. The van der Waals surface area contributed by atoms with Crippen LogP contribution in [0.15, 0.2) is 12.3 Å². The number of hydrogen-bond acceptors (Lipinski definition) is 2. The van der Waals surface area contributed by atoms with Crippen LogP contribution in [0.5, 0.6) is 0 Å². The summed E-state index contributed by atoms with van der Waals surface area (Å²) in [6, 6.07) is 2.09. The Balaban J connectivity index is 2.29. The van der Waals surface area contributed by atoms with Crippen LogP contribution in [0.1, 0.15) is 18.5 Å². The molecule has 2 rings (SSSR count). The summed E-state index contributed by atoms with van der Waals surface area (Å²) in [7, 11) is 3.96. The van der Waals surface area contributed by atoms with E-state index in [1.807, 2.05) is 25.0 Å². The SMILES string of the molecule is CNC1(c2ccn(C)n2)CC1. The lowest BCUT2D eigenvalue weighted by Gasteiger charge is -2.09. The van der Waals surface area contributed by atoms with E-state index in [9.17, 15) is 0 Å². The van der Waals surface area contributed by atoms with Crippen molar-refractivity contribution in [3.63, 3.8) is 0 Å². The standard InChI is InChI=1S/C8H13N3/c1-9-8(4-5-8)7-3-6-11(2)10-7/h3,6,9H,4-5H2,1-2H3. The zero-order chi connectivity index (χ0) is 7.90. The first kappa shape index (κ1) is 6.85. The molecule has 1 saturated carbocycles. The summed E-state index contributed by atoms with van der Waals surface area (Å²) in [5, 5.41) is 7.68. The molecule has 0 aromatic carbocycles. The van der Waals surface area contributed by atoms with Crippen molar-refractivity contribution in [2.24, 2.45) is 7.05 Å². The van der Waals surface area contributed by atoms with Gasteiger partial charge >= 0.3 is 0 Å². The first-order chi connectivity index (χ1) is 5.27. The number of nitrogens with zero attached hydrogens (tertiary/aromatic N) is 2. The molecule has 0 unspecified atom stereocenters. The number of aromatic nitrogens is 2. The molecule has 11 heavy (non-hydrogen) atoms. The van der Waals surface area contributed by atoms with Crippen LogP contribution in [0, 0.1) is 0 Å². The Kier molecular flexibility index (Phi) is 1.29. The molecule has 1 heterocycles. The Labute approximate surface area is 66.4 Å². The molecule has 0 bridgehead atoms. The molecule has 1 aromatic heterocycles. The molecule has 0 spiro atoms. The van der Waals surface area contributed by atoms with Gasteiger partial charge in [0, 0.05) is 13.2 Å². The maximum absolute atomic E-state index is 4.37. The predicted octanol–water partition coefficient (Wildman–Crippen LogP) is 0.629. The van der Waals surface area contributed by atoms with Gasteiger partial charge in [0.15, 0.2) is 0 Å². The van der Waals surface area contributed by atoms with Gasteiger partial charge in [0.25, 0.3) is 0 Å². The van der Waals surface area contributed by atoms with Gasteiger partial charge in [0.2, 0.25) is 0 Å². The van der Waals surface area contributed by atoms with Crippen molar-refractivity contribution in [2.45, 2.75) is 18.4 Å². The van der Waals surface area contributed by atoms with Gasteiger partial charge in [0.1, 0.15) is 0 Å². The van der Waals surface area contributed by atoms with Gasteiger partial charge in [-0.1, -0.05) is 0 Å². The highest BCUT2D eigenvalue weighted by atomic mass is 15.3. The minimum atomic E-state index is 0.223. The summed E-state index contributed by atoms with van der Waals surface area (Å²) in [4.78, 5) is 0. The van der Waals surface area contributed by atoms with Gasteiger partial charge in [0.05, 0.1) is 11.2 Å². The van der Waals surface area contributed by atoms with E-state index in [-0.39, 0.29) is 5.54 Å². The lowest BCUT2D eigenvalue weighted by molar-refractivity contribution is 0.554. The first-order valence-corrected chi connectivity index (χ1v) is 3.96. The van der Waals surface area contributed by atoms with Crippen LogP contribution in [0.25, 0.3) is 0 Å². The van der Waals surface area contributed by atoms with Crippen LogP contribution in [-0.2, 0) is 12.6 Å². The Hall–Kier alpha value is -0.830. The second kappa shape index (κ2) is 2.08. The van der Waals surface area contributed by atoms with Gasteiger partial charge < -0.3 is 5.32 Å². The molecule has 60 valence electrons. The zero-order valence-electron chi connectivity index (χ0n) is 6.96. The fraction of sp³-hybridized carbons (Fsp3) is 0.625. The third-order valence-electron chi connectivity index (χ3n) is 2.43. The minimum absolute atomic E-state index is 0.223. The molecule has 0 amide bonds. The monoisotopic (exact) mass is 151 g/mol. The molecule has 3 heteroatoms. The normalized spacial score (nSPS) is 20.2. The summed E-state index contributed by atoms with van der Waals surface area (Å²) in [5.74, 6) is 0. The second-order valence-electron chi connectivity index (χ2n) is 3.21. The fourth-order valence-electron chi connectivity index (χ4n) is 1.43. The topological polar surface area (TPSA) is 29.9 Å². The van der Waals surface area contributed by atoms with E-state index in [0.717, 1.165) is 0 Å². The number of nitrogens with one attached hydrogen (secondary N) is 1. The quantitative estimate of drug-likeness (QED) is 0.671. The van der Waals surface area contributed by atoms with Crippen molar-refractivity contribution in [2.75, 3.05) is 7.05 Å². The smallest absolute Gasteiger partial charge is 0.0825 e. The van der Waals surface area contributed by atoms with Gasteiger partial charge in [-0.25, -0.2) is 0 Å². The van der Waals surface area contributed by atoms with Crippen LogP contribution < -0.4 is 5.32 Å². The Morgan fingerprint density at radius 1 is 1.64 bits per heavy atom. The Bertz CT molecular complexity index is 260. The van der Waals surface area contributed by atoms with Crippen molar-refractivity contribution in [3.05, 3.63) is 18.0 Å². The lowest BCUT2D eigenvalue weighted by Crippen LogP contribution is -2.25. The van der Waals surface area contributed by atoms with E-state index in [0.29, 0.717) is 0 Å². The van der Waals surface area contributed by atoms with Crippen molar-refractivity contribution in [3.8, 4) is 0 Å². The summed E-state index contributed by atoms with van der Waals surface area (Å²) >= 11 is 0.